The van der Waals surface area contributed by atoms with Crippen molar-refractivity contribution >= 4 is 5.97 Å². The summed E-state index contributed by atoms with van der Waals surface area (Å²) in [6, 6.07) is -0.471. The maximum absolute atomic E-state index is 12.2. The standard InChI is InChI=1S/C8H14FNO2/c1-6(8(11)12)10-3-2-7(4-9)5-10/h6-7H,2-5H2,1H3,(H,11,12)/t6-,7+/m1/s1. The highest BCUT2D eigenvalue weighted by molar-refractivity contribution is 5.72. The lowest BCUT2D eigenvalue weighted by Gasteiger charge is -2.19. The normalized spacial score (nSPS) is 27.3. The van der Waals surface area contributed by atoms with Crippen LogP contribution in [0.2, 0.25) is 0 Å². The van der Waals surface area contributed by atoms with Crippen molar-refractivity contribution in [1.82, 2.24) is 4.90 Å². The quantitative estimate of drug-likeness (QED) is 0.688. The van der Waals surface area contributed by atoms with Crippen molar-refractivity contribution in [2.45, 2.75) is 19.4 Å². The number of alkyl halides is 1. The van der Waals surface area contributed by atoms with Gasteiger partial charge in [-0.25, -0.2) is 0 Å². The molecule has 0 aromatic carbocycles. The Morgan fingerprint density at radius 2 is 2.50 bits per heavy atom. The smallest absolute Gasteiger partial charge is 0.320 e. The van der Waals surface area contributed by atoms with Gasteiger partial charge in [0.15, 0.2) is 0 Å². The number of halogens is 1. The van der Waals surface area contributed by atoms with Gasteiger partial charge in [-0.15, -0.1) is 0 Å². The van der Waals surface area contributed by atoms with Crippen LogP contribution in [0.3, 0.4) is 0 Å². The van der Waals surface area contributed by atoms with Gasteiger partial charge >= 0.3 is 5.97 Å². The molecular formula is C8H14FNO2. The second-order valence-electron chi connectivity index (χ2n) is 3.32. The van der Waals surface area contributed by atoms with Crippen molar-refractivity contribution in [3.05, 3.63) is 0 Å². The van der Waals surface area contributed by atoms with Crippen LogP contribution in [0.25, 0.3) is 0 Å². The molecule has 0 aromatic heterocycles. The third-order valence-corrected chi connectivity index (χ3v) is 2.44. The highest BCUT2D eigenvalue weighted by Crippen LogP contribution is 2.18. The lowest BCUT2D eigenvalue weighted by Crippen LogP contribution is -2.37. The molecule has 1 heterocycles. The predicted octanol–water partition coefficient (Wildman–Crippen LogP) is 0.751. The van der Waals surface area contributed by atoms with Gasteiger partial charge in [-0.3, -0.25) is 14.1 Å². The number of nitrogens with zero attached hydrogens (tertiary/aromatic N) is 1. The lowest BCUT2D eigenvalue weighted by molar-refractivity contribution is -0.142. The zero-order chi connectivity index (χ0) is 9.14. The van der Waals surface area contributed by atoms with E-state index < -0.39 is 12.0 Å². The molecule has 1 saturated heterocycles. The molecule has 0 aromatic rings. The zero-order valence-corrected chi connectivity index (χ0v) is 7.16. The molecule has 0 bridgehead atoms. The van der Waals surface area contributed by atoms with E-state index in [1.54, 1.807) is 6.92 Å². The summed E-state index contributed by atoms with van der Waals surface area (Å²) in [7, 11) is 0. The Morgan fingerprint density at radius 1 is 1.83 bits per heavy atom. The number of hydrogen-bond donors (Lipinski definition) is 1. The number of aliphatic carboxylic acids is 1. The highest BCUT2D eigenvalue weighted by Gasteiger charge is 2.28. The van der Waals surface area contributed by atoms with Gasteiger partial charge in [0.05, 0.1) is 6.67 Å². The molecule has 0 spiro atoms. The maximum Gasteiger partial charge on any atom is 0.320 e. The van der Waals surface area contributed by atoms with Gasteiger partial charge in [0.25, 0.3) is 0 Å². The van der Waals surface area contributed by atoms with Crippen molar-refractivity contribution in [3.8, 4) is 0 Å². The summed E-state index contributed by atoms with van der Waals surface area (Å²) in [5.41, 5.74) is 0. The minimum absolute atomic E-state index is 0.0480. The number of rotatable bonds is 3. The largest absolute Gasteiger partial charge is 0.480 e. The average molecular weight is 175 g/mol. The topological polar surface area (TPSA) is 40.5 Å². The third kappa shape index (κ3) is 1.94. The molecule has 0 amide bonds. The number of carbonyl (C=O) groups is 1. The summed E-state index contributed by atoms with van der Waals surface area (Å²) in [4.78, 5) is 12.4. The summed E-state index contributed by atoms with van der Waals surface area (Å²) in [6.07, 6.45) is 0.786. The first kappa shape index (κ1) is 9.45. The van der Waals surface area contributed by atoms with Crippen LogP contribution in [-0.2, 0) is 4.79 Å². The van der Waals surface area contributed by atoms with E-state index in [9.17, 15) is 9.18 Å². The van der Waals surface area contributed by atoms with E-state index in [4.69, 9.17) is 5.11 Å². The number of hydrogen-bond acceptors (Lipinski definition) is 2. The summed E-state index contributed by atoms with van der Waals surface area (Å²) in [5, 5.41) is 8.67. The van der Waals surface area contributed by atoms with Crippen molar-refractivity contribution in [3.63, 3.8) is 0 Å². The fourth-order valence-corrected chi connectivity index (χ4v) is 1.50. The number of likely N-dealkylation sites (tertiary alicyclic amines) is 1. The Morgan fingerprint density at radius 3 is 2.92 bits per heavy atom. The first-order valence-corrected chi connectivity index (χ1v) is 4.18. The van der Waals surface area contributed by atoms with Gasteiger partial charge in [-0.05, 0) is 19.9 Å². The van der Waals surface area contributed by atoms with Gasteiger partial charge in [0.2, 0.25) is 0 Å². The molecule has 1 aliphatic heterocycles. The second-order valence-corrected chi connectivity index (χ2v) is 3.32. The first-order chi connectivity index (χ1) is 5.65. The van der Waals surface area contributed by atoms with Crippen molar-refractivity contribution < 1.29 is 14.3 Å². The molecule has 1 N–H and O–H groups in total. The SMILES string of the molecule is C[C@H](C(=O)O)N1CC[C@@H](CF)C1. The molecule has 4 heteroatoms. The van der Waals surface area contributed by atoms with Gasteiger partial charge < -0.3 is 5.11 Å². The van der Waals surface area contributed by atoms with E-state index in [-0.39, 0.29) is 12.6 Å². The molecule has 0 unspecified atom stereocenters. The van der Waals surface area contributed by atoms with Gasteiger partial charge in [0.1, 0.15) is 6.04 Å². The highest BCUT2D eigenvalue weighted by atomic mass is 19.1. The van der Waals surface area contributed by atoms with Crippen LogP contribution in [0.4, 0.5) is 4.39 Å². The second kappa shape index (κ2) is 3.85. The fraction of sp³-hybridized carbons (Fsp3) is 0.875. The van der Waals surface area contributed by atoms with Crippen molar-refractivity contribution in [1.29, 1.82) is 0 Å². The van der Waals surface area contributed by atoms with E-state index in [0.717, 1.165) is 6.42 Å². The number of carboxylic acid groups (broad SMARTS) is 1. The van der Waals surface area contributed by atoms with Crippen LogP contribution >= 0.6 is 0 Å². The van der Waals surface area contributed by atoms with E-state index in [1.165, 1.54) is 0 Å². The fourth-order valence-electron chi connectivity index (χ4n) is 1.50. The number of carboxylic acids is 1. The minimum atomic E-state index is -0.825. The zero-order valence-electron chi connectivity index (χ0n) is 7.16. The third-order valence-electron chi connectivity index (χ3n) is 2.44. The molecule has 0 saturated carbocycles. The molecule has 1 rings (SSSR count). The Hall–Kier alpha value is -0.640. The molecule has 2 atom stereocenters. The van der Waals surface area contributed by atoms with Crippen LogP contribution < -0.4 is 0 Å². The van der Waals surface area contributed by atoms with Crippen LogP contribution in [0.5, 0.6) is 0 Å². The minimum Gasteiger partial charge on any atom is -0.480 e. The maximum atomic E-state index is 12.2. The van der Waals surface area contributed by atoms with Gasteiger partial charge in [-0.1, -0.05) is 0 Å². The lowest BCUT2D eigenvalue weighted by atomic mass is 10.1. The molecule has 1 fully saturated rings. The first-order valence-electron chi connectivity index (χ1n) is 4.18. The van der Waals surface area contributed by atoms with E-state index in [1.807, 2.05) is 4.90 Å². The summed E-state index contributed by atoms with van der Waals surface area (Å²) in [6.45, 7) is 2.61. The summed E-state index contributed by atoms with van der Waals surface area (Å²) < 4.78 is 12.2. The van der Waals surface area contributed by atoms with Crippen molar-refractivity contribution in [2.24, 2.45) is 5.92 Å². The molecule has 1 aliphatic rings. The van der Waals surface area contributed by atoms with Crippen LogP contribution in [-0.4, -0.2) is 41.8 Å². The Bertz CT molecular complexity index is 174. The van der Waals surface area contributed by atoms with Gasteiger partial charge in [-0.2, -0.15) is 0 Å². The van der Waals surface area contributed by atoms with Crippen LogP contribution in [0.15, 0.2) is 0 Å². The molecule has 0 radical (unpaired) electrons. The van der Waals surface area contributed by atoms with Gasteiger partial charge in [0, 0.05) is 12.5 Å². The van der Waals surface area contributed by atoms with E-state index >= 15 is 0 Å². The Kier molecular flexibility index (Phi) is 3.03. The molecule has 0 aliphatic carbocycles. The monoisotopic (exact) mass is 175 g/mol. The summed E-state index contributed by atoms with van der Waals surface area (Å²) in [5.74, 6) is -0.777. The van der Waals surface area contributed by atoms with Crippen molar-refractivity contribution in [2.75, 3.05) is 19.8 Å². The Balaban J connectivity index is 2.41. The summed E-state index contributed by atoms with van der Waals surface area (Å²) >= 11 is 0. The van der Waals surface area contributed by atoms with E-state index in [2.05, 4.69) is 0 Å². The molecule has 70 valence electrons. The van der Waals surface area contributed by atoms with Crippen LogP contribution in [0.1, 0.15) is 13.3 Å². The average Bonchev–Trinajstić information content (AvgIpc) is 2.50. The van der Waals surface area contributed by atoms with Crippen LogP contribution in [0, 0.1) is 5.92 Å². The molecule has 12 heavy (non-hydrogen) atoms. The molecular weight excluding hydrogens is 161 g/mol. The molecule has 3 nitrogen and oxygen atoms in total. The van der Waals surface area contributed by atoms with E-state index in [0.29, 0.717) is 13.1 Å². The predicted molar refractivity (Wildman–Crippen MR) is 42.8 cm³/mol. The Labute approximate surface area is 71.2 Å².